The van der Waals surface area contributed by atoms with Gasteiger partial charge in [0.15, 0.2) is 0 Å². The number of nitrogens with zero attached hydrogens (tertiary/aromatic N) is 1. The maximum absolute atomic E-state index is 13.6. The van der Waals surface area contributed by atoms with Crippen molar-refractivity contribution in [1.82, 2.24) is 5.32 Å². The average Bonchev–Trinajstić information content (AvgIpc) is 2.88. The summed E-state index contributed by atoms with van der Waals surface area (Å²) in [5.74, 6) is 0.359. The minimum atomic E-state index is -4.02. The Bertz CT molecular complexity index is 1320. The molecule has 0 aromatic heterocycles. The molecule has 36 heavy (non-hydrogen) atoms. The molecule has 1 aliphatic heterocycles. The van der Waals surface area contributed by atoms with Crippen LogP contribution < -0.4 is 14.4 Å². The molecule has 3 aromatic carbocycles. The number of amides is 1. The molecule has 0 spiro atoms. The van der Waals surface area contributed by atoms with E-state index in [-0.39, 0.29) is 17.5 Å². The van der Waals surface area contributed by atoms with Crippen molar-refractivity contribution in [3.05, 3.63) is 88.9 Å². The van der Waals surface area contributed by atoms with Crippen molar-refractivity contribution >= 4 is 33.2 Å². The molecule has 190 valence electrons. The number of carbonyl (C=O) groups is 1. The van der Waals surface area contributed by atoms with Gasteiger partial charge in [0.1, 0.15) is 17.9 Å². The minimum Gasteiger partial charge on any atom is -0.487 e. The zero-order chi connectivity index (χ0) is 25.9. The Kier molecular flexibility index (Phi) is 7.62. The van der Waals surface area contributed by atoms with Gasteiger partial charge in [0.25, 0.3) is 10.0 Å². The van der Waals surface area contributed by atoms with Gasteiger partial charge in [-0.2, -0.15) is 0 Å². The summed E-state index contributed by atoms with van der Waals surface area (Å²) in [5, 5.41) is 3.53. The highest BCUT2D eigenvalue weighted by atomic mass is 35.5. The first-order valence-corrected chi connectivity index (χ1v) is 13.9. The summed E-state index contributed by atoms with van der Waals surface area (Å²) in [5.41, 5.74) is 1.90. The van der Waals surface area contributed by atoms with E-state index < -0.39 is 21.5 Å². The molecule has 4 rings (SSSR count). The van der Waals surface area contributed by atoms with Crippen molar-refractivity contribution in [3.63, 3.8) is 0 Å². The van der Waals surface area contributed by atoms with Gasteiger partial charge < -0.3 is 10.1 Å². The quantitative estimate of drug-likeness (QED) is 0.388. The number of ether oxygens (including phenoxy) is 1. The highest BCUT2D eigenvalue weighted by molar-refractivity contribution is 7.92. The molecule has 1 atom stereocenters. The first-order chi connectivity index (χ1) is 17.2. The molecule has 0 unspecified atom stereocenters. The monoisotopic (exact) mass is 526 g/mol. The number of para-hydroxylation sites is 1. The van der Waals surface area contributed by atoms with E-state index in [1.807, 2.05) is 43.3 Å². The van der Waals surface area contributed by atoms with E-state index >= 15 is 0 Å². The largest absolute Gasteiger partial charge is 0.487 e. The molecule has 1 heterocycles. The van der Waals surface area contributed by atoms with Gasteiger partial charge in [-0.3, -0.25) is 9.10 Å². The standard InChI is InChI=1S/C28H31ClN2O4S/c1-4-28(5-2)18-25(24-8-6-7-9-26(24)35-28)30-27(32)19-31(22-14-10-20(3)11-15-22)36(33,34)23-16-12-21(29)13-17-23/h6-17,25H,4-5,18-19H2,1-3H3,(H,30,32)/t25-/m1/s1. The Morgan fingerprint density at radius 2 is 1.67 bits per heavy atom. The first kappa shape index (κ1) is 26.0. The number of sulfonamides is 1. The lowest BCUT2D eigenvalue weighted by Crippen LogP contribution is -2.47. The van der Waals surface area contributed by atoms with Crippen molar-refractivity contribution in [2.24, 2.45) is 0 Å². The van der Waals surface area contributed by atoms with Crippen molar-refractivity contribution < 1.29 is 17.9 Å². The zero-order valence-corrected chi connectivity index (χ0v) is 22.3. The summed E-state index contributed by atoms with van der Waals surface area (Å²) in [7, 11) is -4.02. The van der Waals surface area contributed by atoms with Crippen LogP contribution in [0.2, 0.25) is 5.02 Å². The average molecular weight is 527 g/mol. The lowest BCUT2D eigenvalue weighted by atomic mass is 9.83. The number of carbonyl (C=O) groups excluding carboxylic acids is 1. The summed E-state index contributed by atoms with van der Waals surface area (Å²) in [6.07, 6.45) is 2.20. The topological polar surface area (TPSA) is 75.7 Å². The van der Waals surface area contributed by atoms with Crippen LogP contribution in [-0.4, -0.2) is 26.5 Å². The van der Waals surface area contributed by atoms with Gasteiger partial charge in [0.05, 0.1) is 16.6 Å². The molecule has 1 aliphatic rings. The van der Waals surface area contributed by atoms with Crippen LogP contribution in [0.4, 0.5) is 5.69 Å². The SMILES string of the molecule is CCC1(CC)C[C@@H](NC(=O)CN(c2ccc(C)cc2)S(=O)(=O)c2ccc(Cl)cc2)c2ccccc2O1. The van der Waals surface area contributed by atoms with Gasteiger partial charge in [0, 0.05) is 17.0 Å². The third-order valence-electron chi connectivity index (χ3n) is 6.83. The fourth-order valence-corrected chi connectivity index (χ4v) is 6.11. The van der Waals surface area contributed by atoms with Crippen molar-refractivity contribution in [3.8, 4) is 5.75 Å². The Morgan fingerprint density at radius 3 is 2.31 bits per heavy atom. The van der Waals surface area contributed by atoms with Crippen LogP contribution in [0.15, 0.2) is 77.7 Å². The molecule has 1 N–H and O–H groups in total. The first-order valence-electron chi connectivity index (χ1n) is 12.1. The van der Waals surface area contributed by atoms with Crippen LogP contribution in [0.25, 0.3) is 0 Å². The van der Waals surface area contributed by atoms with E-state index in [2.05, 4.69) is 19.2 Å². The molecule has 1 amide bonds. The predicted octanol–water partition coefficient (Wildman–Crippen LogP) is 6.04. The lowest BCUT2D eigenvalue weighted by molar-refractivity contribution is -0.121. The van der Waals surface area contributed by atoms with Crippen molar-refractivity contribution in [2.45, 2.75) is 56.6 Å². The van der Waals surface area contributed by atoms with Gasteiger partial charge in [-0.05, 0) is 62.2 Å². The molecule has 0 bridgehead atoms. The maximum Gasteiger partial charge on any atom is 0.264 e. The fraction of sp³-hybridized carbons (Fsp3) is 0.321. The van der Waals surface area contributed by atoms with Gasteiger partial charge in [0.2, 0.25) is 5.91 Å². The number of halogens is 1. The summed E-state index contributed by atoms with van der Waals surface area (Å²) < 4.78 is 34.8. The summed E-state index contributed by atoms with van der Waals surface area (Å²) in [4.78, 5) is 13.5. The highest BCUT2D eigenvalue weighted by Crippen LogP contribution is 2.42. The van der Waals surface area contributed by atoms with Crippen LogP contribution in [-0.2, 0) is 14.8 Å². The zero-order valence-electron chi connectivity index (χ0n) is 20.7. The summed E-state index contributed by atoms with van der Waals surface area (Å²) >= 11 is 5.97. The van der Waals surface area contributed by atoms with Gasteiger partial charge >= 0.3 is 0 Å². The molecular weight excluding hydrogens is 496 g/mol. The number of aryl methyl sites for hydroxylation is 1. The van der Waals surface area contributed by atoms with E-state index in [9.17, 15) is 13.2 Å². The summed E-state index contributed by atoms with van der Waals surface area (Å²) in [6, 6.07) is 20.4. The van der Waals surface area contributed by atoms with E-state index in [1.165, 1.54) is 24.3 Å². The van der Waals surface area contributed by atoms with Crippen LogP contribution in [0.5, 0.6) is 5.75 Å². The van der Waals surface area contributed by atoms with E-state index in [1.54, 1.807) is 12.1 Å². The smallest absolute Gasteiger partial charge is 0.264 e. The van der Waals surface area contributed by atoms with Gasteiger partial charge in [-0.15, -0.1) is 0 Å². The Labute approximate surface area is 218 Å². The molecule has 8 heteroatoms. The number of hydrogen-bond acceptors (Lipinski definition) is 4. The molecule has 0 saturated heterocycles. The Morgan fingerprint density at radius 1 is 1.03 bits per heavy atom. The molecule has 0 radical (unpaired) electrons. The molecule has 6 nitrogen and oxygen atoms in total. The second-order valence-corrected chi connectivity index (χ2v) is 11.5. The number of benzene rings is 3. The van der Waals surface area contributed by atoms with E-state index in [0.717, 1.165) is 34.0 Å². The van der Waals surface area contributed by atoms with Crippen LogP contribution >= 0.6 is 11.6 Å². The lowest BCUT2D eigenvalue weighted by Gasteiger charge is -2.41. The fourth-order valence-electron chi connectivity index (χ4n) is 4.56. The van der Waals surface area contributed by atoms with Crippen molar-refractivity contribution in [1.29, 1.82) is 0 Å². The third kappa shape index (κ3) is 5.37. The highest BCUT2D eigenvalue weighted by Gasteiger charge is 2.39. The van der Waals surface area contributed by atoms with Gasteiger partial charge in [-0.1, -0.05) is 61.3 Å². The number of anilines is 1. The minimum absolute atomic E-state index is 0.0627. The Hall–Kier alpha value is -3.03. The predicted molar refractivity (Wildman–Crippen MR) is 143 cm³/mol. The Balaban J connectivity index is 1.65. The van der Waals surface area contributed by atoms with Crippen LogP contribution in [0.3, 0.4) is 0 Å². The third-order valence-corrected chi connectivity index (χ3v) is 8.87. The molecule has 3 aromatic rings. The normalized spacial score (nSPS) is 16.5. The summed E-state index contributed by atoms with van der Waals surface area (Å²) in [6.45, 7) is 5.71. The van der Waals surface area contributed by atoms with Gasteiger partial charge in [-0.25, -0.2) is 8.42 Å². The second-order valence-electron chi connectivity index (χ2n) is 9.16. The number of rotatable bonds is 8. The van der Waals surface area contributed by atoms with E-state index in [0.29, 0.717) is 17.1 Å². The second kappa shape index (κ2) is 10.5. The number of hydrogen-bond donors (Lipinski definition) is 1. The molecule has 0 fully saturated rings. The number of nitrogens with one attached hydrogen (secondary N) is 1. The number of fused-ring (bicyclic) bond motifs is 1. The molecule has 0 saturated carbocycles. The van der Waals surface area contributed by atoms with Crippen LogP contribution in [0, 0.1) is 6.92 Å². The van der Waals surface area contributed by atoms with Crippen molar-refractivity contribution in [2.75, 3.05) is 10.8 Å². The maximum atomic E-state index is 13.6. The van der Waals surface area contributed by atoms with E-state index in [4.69, 9.17) is 16.3 Å². The molecule has 0 aliphatic carbocycles. The molecular formula is C28H31ClN2O4S. The van der Waals surface area contributed by atoms with Crippen LogP contribution in [0.1, 0.15) is 50.3 Å².